The Morgan fingerprint density at radius 3 is 2.71 bits per heavy atom. The highest BCUT2D eigenvalue weighted by Crippen LogP contribution is 1.97. The van der Waals surface area contributed by atoms with Gasteiger partial charge in [-0.05, 0) is 6.92 Å². The van der Waals surface area contributed by atoms with Crippen LogP contribution in [-0.4, -0.2) is 30.1 Å². The molecule has 1 aromatic rings. The summed E-state index contributed by atoms with van der Waals surface area (Å²) < 4.78 is 14.4. The molecule has 0 aliphatic carbocycles. The van der Waals surface area contributed by atoms with Crippen molar-refractivity contribution in [2.45, 2.75) is 13.3 Å². The SMILES string of the molecule is C=C(C)C(=O)OCCOC(=O)Cc1ncco1. The molecule has 17 heavy (non-hydrogen) atoms. The van der Waals surface area contributed by atoms with Gasteiger partial charge in [-0.1, -0.05) is 6.58 Å². The molecule has 0 aliphatic heterocycles. The van der Waals surface area contributed by atoms with Crippen molar-refractivity contribution < 1.29 is 23.5 Å². The first-order valence-corrected chi connectivity index (χ1v) is 4.96. The molecule has 0 N–H and O–H groups in total. The Bertz CT molecular complexity index is 396. The summed E-state index contributed by atoms with van der Waals surface area (Å²) >= 11 is 0. The number of aromatic nitrogens is 1. The molecule has 0 amide bonds. The third-order valence-electron chi connectivity index (χ3n) is 1.71. The Labute approximate surface area is 98.2 Å². The van der Waals surface area contributed by atoms with Gasteiger partial charge in [0.15, 0.2) is 0 Å². The van der Waals surface area contributed by atoms with Crippen LogP contribution in [0.25, 0.3) is 0 Å². The number of nitrogens with zero attached hydrogens (tertiary/aromatic N) is 1. The summed E-state index contributed by atoms with van der Waals surface area (Å²) in [5.41, 5.74) is 0.302. The molecule has 0 bridgehead atoms. The second-order valence-electron chi connectivity index (χ2n) is 3.24. The van der Waals surface area contributed by atoms with E-state index >= 15 is 0 Å². The minimum atomic E-state index is -0.506. The molecule has 1 aromatic heterocycles. The zero-order valence-corrected chi connectivity index (χ0v) is 9.47. The molecule has 0 fully saturated rings. The lowest BCUT2D eigenvalue weighted by atomic mass is 10.4. The summed E-state index contributed by atoms with van der Waals surface area (Å²) in [5.74, 6) is -0.707. The van der Waals surface area contributed by atoms with Crippen LogP contribution in [0.4, 0.5) is 0 Å². The van der Waals surface area contributed by atoms with Crippen molar-refractivity contribution in [3.8, 4) is 0 Å². The predicted molar refractivity (Wildman–Crippen MR) is 56.9 cm³/mol. The summed E-state index contributed by atoms with van der Waals surface area (Å²) in [7, 11) is 0. The average molecular weight is 239 g/mol. The fourth-order valence-corrected chi connectivity index (χ4v) is 0.928. The highest BCUT2D eigenvalue weighted by molar-refractivity contribution is 5.86. The maximum atomic E-state index is 11.2. The monoisotopic (exact) mass is 239 g/mol. The smallest absolute Gasteiger partial charge is 0.333 e. The first-order valence-electron chi connectivity index (χ1n) is 4.96. The number of carbonyl (C=O) groups is 2. The van der Waals surface area contributed by atoms with Gasteiger partial charge in [0.2, 0.25) is 5.89 Å². The second kappa shape index (κ2) is 6.47. The summed E-state index contributed by atoms with van der Waals surface area (Å²) in [4.78, 5) is 25.9. The maximum absolute atomic E-state index is 11.2. The molecule has 0 radical (unpaired) electrons. The average Bonchev–Trinajstić information content (AvgIpc) is 2.76. The third kappa shape index (κ3) is 4.96. The molecule has 6 nitrogen and oxygen atoms in total. The van der Waals surface area contributed by atoms with Crippen LogP contribution in [0.3, 0.4) is 0 Å². The molecule has 0 spiro atoms. The van der Waals surface area contributed by atoms with Crippen LogP contribution >= 0.6 is 0 Å². The van der Waals surface area contributed by atoms with Gasteiger partial charge >= 0.3 is 11.9 Å². The van der Waals surface area contributed by atoms with E-state index in [9.17, 15) is 9.59 Å². The van der Waals surface area contributed by atoms with E-state index in [4.69, 9.17) is 13.9 Å². The van der Waals surface area contributed by atoms with E-state index in [-0.39, 0.29) is 25.5 Å². The quantitative estimate of drug-likeness (QED) is 0.416. The van der Waals surface area contributed by atoms with Gasteiger partial charge in [0.05, 0.1) is 6.20 Å². The minimum absolute atomic E-state index is 0.00143. The van der Waals surface area contributed by atoms with E-state index in [2.05, 4.69) is 11.6 Å². The van der Waals surface area contributed by atoms with E-state index < -0.39 is 11.9 Å². The number of ether oxygens (including phenoxy) is 2. The van der Waals surface area contributed by atoms with Crippen molar-refractivity contribution in [1.82, 2.24) is 4.98 Å². The molecular weight excluding hydrogens is 226 g/mol. The predicted octanol–water partition coefficient (Wildman–Crippen LogP) is 0.880. The number of rotatable bonds is 6. The fourth-order valence-electron chi connectivity index (χ4n) is 0.928. The van der Waals surface area contributed by atoms with Gasteiger partial charge < -0.3 is 13.9 Å². The van der Waals surface area contributed by atoms with Crippen molar-refractivity contribution in [3.05, 3.63) is 30.5 Å². The van der Waals surface area contributed by atoms with Gasteiger partial charge in [-0.15, -0.1) is 0 Å². The van der Waals surface area contributed by atoms with E-state index in [0.717, 1.165) is 0 Å². The van der Waals surface area contributed by atoms with Gasteiger partial charge in [-0.3, -0.25) is 4.79 Å². The zero-order valence-electron chi connectivity index (χ0n) is 9.47. The lowest BCUT2D eigenvalue weighted by Gasteiger charge is -2.05. The zero-order chi connectivity index (χ0) is 12.7. The Balaban J connectivity index is 2.12. The summed E-state index contributed by atoms with van der Waals surface area (Å²) in [6.45, 7) is 4.96. The van der Waals surface area contributed by atoms with Gasteiger partial charge in [0.1, 0.15) is 25.9 Å². The topological polar surface area (TPSA) is 78.6 Å². The van der Waals surface area contributed by atoms with Crippen LogP contribution in [0.2, 0.25) is 0 Å². The van der Waals surface area contributed by atoms with E-state index in [1.807, 2.05) is 0 Å². The first kappa shape index (κ1) is 13.0. The van der Waals surface area contributed by atoms with Crippen molar-refractivity contribution in [1.29, 1.82) is 0 Å². The molecule has 1 heterocycles. The number of carbonyl (C=O) groups excluding carboxylic acids is 2. The number of esters is 2. The van der Waals surface area contributed by atoms with Crippen LogP contribution < -0.4 is 0 Å². The van der Waals surface area contributed by atoms with E-state index in [1.54, 1.807) is 0 Å². The van der Waals surface area contributed by atoms with Gasteiger partial charge in [0, 0.05) is 5.57 Å². The van der Waals surface area contributed by atoms with Crippen LogP contribution in [0.5, 0.6) is 0 Å². The number of oxazole rings is 1. The fraction of sp³-hybridized carbons (Fsp3) is 0.364. The largest absolute Gasteiger partial charge is 0.462 e. The Kier molecular flexibility index (Phi) is 4.93. The summed E-state index contributed by atoms with van der Waals surface area (Å²) in [5, 5.41) is 0. The lowest BCUT2D eigenvalue weighted by Crippen LogP contribution is -2.15. The Morgan fingerprint density at radius 1 is 1.41 bits per heavy atom. The molecule has 0 aliphatic rings. The van der Waals surface area contributed by atoms with E-state index in [0.29, 0.717) is 5.57 Å². The molecule has 6 heteroatoms. The van der Waals surface area contributed by atoms with E-state index in [1.165, 1.54) is 19.4 Å². The van der Waals surface area contributed by atoms with Gasteiger partial charge in [-0.25, -0.2) is 9.78 Å². The maximum Gasteiger partial charge on any atom is 0.333 e. The standard InChI is InChI=1S/C11H13NO5/c1-8(2)11(14)17-6-5-16-10(13)7-9-12-3-4-15-9/h3-4H,1,5-7H2,2H3. The van der Waals surface area contributed by atoms with Crippen molar-refractivity contribution in [2.24, 2.45) is 0 Å². The molecule has 0 atom stereocenters. The highest BCUT2D eigenvalue weighted by atomic mass is 16.6. The number of hydrogen-bond donors (Lipinski definition) is 0. The third-order valence-corrected chi connectivity index (χ3v) is 1.71. The minimum Gasteiger partial charge on any atom is -0.462 e. The van der Waals surface area contributed by atoms with Gasteiger partial charge in [-0.2, -0.15) is 0 Å². The summed E-state index contributed by atoms with van der Waals surface area (Å²) in [6.07, 6.45) is 2.77. The first-order chi connectivity index (χ1) is 8.09. The molecule has 0 unspecified atom stereocenters. The van der Waals surface area contributed by atoms with Crippen molar-refractivity contribution in [2.75, 3.05) is 13.2 Å². The second-order valence-corrected chi connectivity index (χ2v) is 3.24. The molecule has 92 valence electrons. The van der Waals surface area contributed by atoms with Crippen LogP contribution in [0, 0.1) is 0 Å². The van der Waals surface area contributed by atoms with Crippen LogP contribution in [-0.2, 0) is 25.5 Å². The normalized spacial score (nSPS) is 9.71. The molecule has 0 saturated carbocycles. The summed E-state index contributed by atoms with van der Waals surface area (Å²) in [6, 6.07) is 0. The van der Waals surface area contributed by atoms with Crippen LogP contribution in [0.1, 0.15) is 12.8 Å². The molecule has 0 saturated heterocycles. The van der Waals surface area contributed by atoms with Gasteiger partial charge in [0.25, 0.3) is 0 Å². The number of hydrogen-bond acceptors (Lipinski definition) is 6. The lowest BCUT2D eigenvalue weighted by molar-refractivity contribution is -0.149. The van der Waals surface area contributed by atoms with Crippen LogP contribution in [0.15, 0.2) is 29.0 Å². The molecule has 1 rings (SSSR count). The molecule has 0 aromatic carbocycles. The highest BCUT2D eigenvalue weighted by Gasteiger charge is 2.09. The molecular formula is C11H13NO5. The van der Waals surface area contributed by atoms with Crippen molar-refractivity contribution in [3.63, 3.8) is 0 Å². The van der Waals surface area contributed by atoms with Crippen molar-refractivity contribution >= 4 is 11.9 Å². The Hall–Kier alpha value is -2.11. The Morgan fingerprint density at radius 2 is 2.12 bits per heavy atom.